The maximum absolute atomic E-state index is 12.7. The number of aromatic nitrogens is 2. The van der Waals surface area contributed by atoms with Gasteiger partial charge in [0.25, 0.3) is 5.56 Å². The van der Waals surface area contributed by atoms with Crippen LogP contribution in [0.2, 0.25) is 0 Å². The van der Waals surface area contributed by atoms with E-state index in [1.54, 1.807) is 13.0 Å². The topological polar surface area (TPSA) is 55.2 Å². The van der Waals surface area contributed by atoms with Crippen molar-refractivity contribution in [1.29, 1.82) is 0 Å². The lowest BCUT2D eigenvalue weighted by atomic mass is 9.99. The lowest BCUT2D eigenvalue weighted by Gasteiger charge is -2.32. The second kappa shape index (κ2) is 6.99. The molecule has 1 atom stereocenters. The van der Waals surface area contributed by atoms with Crippen LogP contribution < -0.4 is 5.56 Å². The molecule has 1 unspecified atom stereocenters. The highest BCUT2D eigenvalue weighted by Crippen LogP contribution is 2.20. The van der Waals surface area contributed by atoms with Crippen molar-refractivity contribution in [3.63, 3.8) is 0 Å². The van der Waals surface area contributed by atoms with Gasteiger partial charge in [-0.25, -0.2) is 4.68 Å². The average Bonchev–Trinajstić information content (AvgIpc) is 2.62. The van der Waals surface area contributed by atoms with E-state index in [1.165, 1.54) is 10.7 Å². The van der Waals surface area contributed by atoms with Gasteiger partial charge in [0, 0.05) is 24.7 Å². The summed E-state index contributed by atoms with van der Waals surface area (Å²) in [5, 5.41) is 4.43. The minimum absolute atomic E-state index is 0.0262. The number of benzene rings is 1. The predicted molar refractivity (Wildman–Crippen MR) is 93.6 cm³/mol. The number of amides is 1. The minimum Gasteiger partial charge on any atom is -0.341 e. The van der Waals surface area contributed by atoms with Gasteiger partial charge in [0.2, 0.25) is 5.91 Å². The van der Waals surface area contributed by atoms with Gasteiger partial charge in [-0.05, 0) is 31.7 Å². The van der Waals surface area contributed by atoms with Crippen molar-refractivity contribution in [1.82, 2.24) is 14.7 Å². The number of nitrogens with zero attached hydrogens (tertiary/aromatic N) is 3. The van der Waals surface area contributed by atoms with Crippen LogP contribution in [0.15, 0.2) is 47.3 Å². The number of hydrogen-bond acceptors (Lipinski definition) is 3. The molecule has 0 N–H and O–H groups in total. The van der Waals surface area contributed by atoms with Crippen molar-refractivity contribution in [2.45, 2.75) is 32.7 Å². The van der Waals surface area contributed by atoms with Gasteiger partial charge < -0.3 is 4.90 Å². The Morgan fingerprint density at radius 3 is 2.46 bits per heavy atom. The zero-order valence-corrected chi connectivity index (χ0v) is 14.2. The maximum atomic E-state index is 12.7. The van der Waals surface area contributed by atoms with Gasteiger partial charge in [0.05, 0.1) is 5.69 Å². The molecule has 0 aliphatic carbocycles. The summed E-state index contributed by atoms with van der Waals surface area (Å²) in [5.41, 5.74) is 1.38. The Balaban J connectivity index is 1.85. The lowest BCUT2D eigenvalue weighted by Crippen LogP contribution is -2.43. The van der Waals surface area contributed by atoms with Gasteiger partial charge in [0.15, 0.2) is 0 Å². The first-order chi connectivity index (χ1) is 11.6. The molecule has 24 heavy (non-hydrogen) atoms. The molecule has 1 aliphatic rings. The highest BCUT2D eigenvalue weighted by molar-refractivity contribution is 5.80. The zero-order valence-electron chi connectivity index (χ0n) is 14.2. The second-order valence-electron chi connectivity index (χ2n) is 6.55. The summed E-state index contributed by atoms with van der Waals surface area (Å²) in [6, 6.07) is 12.3. The van der Waals surface area contributed by atoms with Gasteiger partial charge in [-0.3, -0.25) is 9.59 Å². The summed E-state index contributed by atoms with van der Waals surface area (Å²) in [6.07, 6.45) is 2.04. The molecule has 0 bridgehead atoms. The number of rotatable bonds is 3. The molecule has 3 rings (SSSR count). The molecule has 0 radical (unpaired) electrons. The Morgan fingerprint density at radius 1 is 1.12 bits per heavy atom. The van der Waals surface area contributed by atoms with Crippen LogP contribution in [0.1, 0.15) is 32.7 Å². The Morgan fingerprint density at radius 2 is 1.79 bits per heavy atom. The lowest BCUT2D eigenvalue weighted by molar-refractivity contribution is -0.136. The van der Waals surface area contributed by atoms with Gasteiger partial charge in [-0.1, -0.05) is 37.3 Å². The number of carbonyl (C=O) groups excluding carboxylic acids is 1. The van der Waals surface area contributed by atoms with Crippen molar-refractivity contribution >= 4 is 5.91 Å². The maximum Gasteiger partial charge on any atom is 0.267 e. The summed E-state index contributed by atoms with van der Waals surface area (Å²) in [5.74, 6) is 0.633. The van der Waals surface area contributed by atoms with Crippen LogP contribution in [-0.4, -0.2) is 33.7 Å². The van der Waals surface area contributed by atoms with Crippen LogP contribution in [0.5, 0.6) is 0 Å². The first kappa shape index (κ1) is 16.4. The van der Waals surface area contributed by atoms with Gasteiger partial charge >= 0.3 is 0 Å². The summed E-state index contributed by atoms with van der Waals surface area (Å²) in [6.45, 7) is 5.49. The van der Waals surface area contributed by atoms with Crippen LogP contribution in [0.25, 0.3) is 11.3 Å². The van der Waals surface area contributed by atoms with E-state index in [9.17, 15) is 9.59 Å². The smallest absolute Gasteiger partial charge is 0.267 e. The van der Waals surface area contributed by atoms with E-state index >= 15 is 0 Å². The first-order valence-corrected chi connectivity index (χ1v) is 8.50. The fourth-order valence-electron chi connectivity index (χ4n) is 3.06. The Hall–Kier alpha value is -2.43. The van der Waals surface area contributed by atoms with Crippen molar-refractivity contribution in [3.05, 3.63) is 52.8 Å². The minimum atomic E-state index is -0.588. The van der Waals surface area contributed by atoms with Gasteiger partial charge in [-0.15, -0.1) is 0 Å². The fraction of sp³-hybridized carbons (Fsp3) is 0.421. The van der Waals surface area contributed by atoms with Gasteiger partial charge in [-0.2, -0.15) is 5.10 Å². The van der Waals surface area contributed by atoms with Crippen LogP contribution in [0, 0.1) is 5.92 Å². The van der Waals surface area contributed by atoms with E-state index < -0.39 is 6.04 Å². The summed E-state index contributed by atoms with van der Waals surface area (Å²) >= 11 is 0. The molecule has 1 saturated heterocycles. The number of piperidine rings is 1. The molecule has 2 aromatic rings. The Kier molecular flexibility index (Phi) is 4.79. The van der Waals surface area contributed by atoms with E-state index in [4.69, 9.17) is 0 Å². The first-order valence-electron chi connectivity index (χ1n) is 8.50. The third-order valence-corrected chi connectivity index (χ3v) is 4.71. The molecule has 0 spiro atoms. The quantitative estimate of drug-likeness (QED) is 0.872. The van der Waals surface area contributed by atoms with E-state index in [0.717, 1.165) is 31.5 Å². The largest absolute Gasteiger partial charge is 0.341 e. The molecule has 1 aromatic heterocycles. The standard InChI is InChI=1S/C19H23N3O2/c1-14-10-12-21(13-11-14)19(24)15(2)22-18(23)9-8-17(20-22)16-6-4-3-5-7-16/h3-9,14-15H,10-13H2,1-2H3. The van der Waals surface area contributed by atoms with Crippen LogP contribution in [0.4, 0.5) is 0 Å². The Bertz CT molecular complexity index is 762. The van der Waals surface area contributed by atoms with Crippen LogP contribution >= 0.6 is 0 Å². The molecule has 1 amide bonds. The highest BCUT2D eigenvalue weighted by atomic mass is 16.2. The van der Waals surface area contributed by atoms with E-state index in [0.29, 0.717) is 11.6 Å². The van der Waals surface area contributed by atoms with Crippen molar-refractivity contribution < 1.29 is 4.79 Å². The highest BCUT2D eigenvalue weighted by Gasteiger charge is 2.26. The molecular formula is C19H23N3O2. The molecule has 2 heterocycles. The zero-order chi connectivity index (χ0) is 17.1. The molecule has 1 aliphatic heterocycles. The van der Waals surface area contributed by atoms with Crippen LogP contribution in [-0.2, 0) is 4.79 Å². The molecule has 1 aromatic carbocycles. The van der Waals surface area contributed by atoms with Crippen molar-refractivity contribution in [3.8, 4) is 11.3 Å². The fourth-order valence-corrected chi connectivity index (χ4v) is 3.06. The van der Waals surface area contributed by atoms with Crippen LogP contribution in [0.3, 0.4) is 0 Å². The van der Waals surface area contributed by atoms with Gasteiger partial charge in [0.1, 0.15) is 6.04 Å². The summed E-state index contributed by atoms with van der Waals surface area (Å²) in [4.78, 5) is 26.8. The third kappa shape index (κ3) is 3.40. The van der Waals surface area contributed by atoms with Crippen molar-refractivity contribution in [2.24, 2.45) is 5.92 Å². The van der Waals surface area contributed by atoms with E-state index in [2.05, 4.69) is 12.0 Å². The molecule has 5 nitrogen and oxygen atoms in total. The second-order valence-corrected chi connectivity index (χ2v) is 6.55. The third-order valence-electron chi connectivity index (χ3n) is 4.71. The monoisotopic (exact) mass is 325 g/mol. The Labute approximate surface area is 141 Å². The van der Waals surface area contributed by atoms with E-state index in [1.807, 2.05) is 35.2 Å². The number of likely N-dealkylation sites (tertiary alicyclic amines) is 1. The van der Waals surface area contributed by atoms with E-state index in [-0.39, 0.29) is 11.5 Å². The molecule has 126 valence electrons. The SMILES string of the molecule is CC1CCN(C(=O)C(C)n2nc(-c3ccccc3)ccc2=O)CC1. The predicted octanol–water partition coefficient (Wildman–Crippen LogP) is 2.73. The average molecular weight is 325 g/mol. The number of carbonyl (C=O) groups is 1. The molecule has 0 saturated carbocycles. The number of hydrogen-bond donors (Lipinski definition) is 0. The molecular weight excluding hydrogens is 302 g/mol. The normalized spacial score (nSPS) is 16.8. The molecule has 5 heteroatoms. The summed E-state index contributed by atoms with van der Waals surface area (Å²) in [7, 11) is 0. The van der Waals surface area contributed by atoms with Crippen molar-refractivity contribution in [2.75, 3.05) is 13.1 Å². The summed E-state index contributed by atoms with van der Waals surface area (Å²) < 4.78 is 1.31. The molecule has 1 fully saturated rings.